The minimum atomic E-state index is 0.685. The van der Waals surface area contributed by atoms with Gasteiger partial charge in [-0.15, -0.1) is 5.10 Å². The number of nitrogens with zero attached hydrogens (tertiary/aromatic N) is 2. The Morgan fingerprint density at radius 2 is 2.44 bits per heavy atom. The van der Waals surface area contributed by atoms with Crippen molar-refractivity contribution >= 4 is 11.5 Å². The molecule has 1 rings (SSSR count). The van der Waals surface area contributed by atoms with Gasteiger partial charge >= 0.3 is 0 Å². The van der Waals surface area contributed by atoms with Gasteiger partial charge in [-0.2, -0.15) is 0 Å². The van der Waals surface area contributed by atoms with Crippen LogP contribution in [0.1, 0.15) is 10.6 Å². The van der Waals surface area contributed by atoms with Crippen LogP contribution in [-0.2, 0) is 6.42 Å². The third-order valence-electron chi connectivity index (χ3n) is 1.12. The van der Waals surface area contributed by atoms with Gasteiger partial charge in [0.25, 0.3) is 0 Å². The predicted octanol–water partition coefficient (Wildman–Crippen LogP) is 0.348. The predicted molar refractivity (Wildman–Crippen MR) is 37.4 cm³/mol. The molecular formula is C5H9N3S. The van der Waals surface area contributed by atoms with E-state index >= 15 is 0 Å². The summed E-state index contributed by atoms with van der Waals surface area (Å²) in [5, 5.41) is 3.85. The van der Waals surface area contributed by atoms with E-state index in [-0.39, 0.29) is 0 Å². The van der Waals surface area contributed by atoms with Crippen LogP contribution in [0, 0.1) is 6.92 Å². The second-order valence-corrected chi connectivity index (χ2v) is 2.66. The number of aromatic nitrogens is 2. The molecule has 0 bridgehead atoms. The maximum atomic E-state index is 5.34. The maximum absolute atomic E-state index is 5.34. The number of hydrogen-bond donors (Lipinski definition) is 1. The maximum Gasteiger partial charge on any atom is 0.0757 e. The van der Waals surface area contributed by atoms with Gasteiger partial charge in [0.05, 0.1) is 5.69 Å². The van der Waals surface area contributed by atoms with Crippen LogP contribution in [0.5, 0.6) is 0 Å². The number of nitrogens with two attached hydrogens (primary N) is 1. The molecule has 0 amide bonds. The van der Waals surface area contributed by atoms with E-state index in [0.717, 1.165) is 12.1 Å². The van der Waals surface area contributed by atoms with Gasteiger partial charge in [-0.25, -0.2) is 0 Å². The molecular weight excluding hydrogens is 134 g/mol. The fourth-order valence-electron chi connectivity index (χ4n) is 0.610. The van der Waals surface area contributed by atoms with Crippen LogP contribution in [0.25, 0.3) is 0 Å². The van der Waals surface area contributed by atoms with Crippen molar-refractivity contribution in [1.29, 1.82) is 0 Å². The summed E-state index contributed by atoms with van der Waals surface area (Å²) in [7, 11) is 0. The lowest BCUT2D eigenvalue weighted by atomic mass is 10.3. The highest BCUT2D eigenvalue weighted by molar-refractivity contribution is 7.05. The van der Waals surface area contributed by atoms with Crippen molar-refractivity contribution in [3.05, 3.63) is 10.6 Å². The van der Waals surface area contributed by atoms with Crippen LogP contribution in [0.4, 0.5) is 0 Å². The lowest BCUT2D eigenvalue weighted by Crippen LogP contribution is -2.01. The van der Waals surface area contributed by atoms with Crippen molar-refractivity contribution in [3.63, 3.8) is 0 Å². The van der Waals surface area contributed by atoms with E-state index in [1.165, 1.54) is 16.4 Å². The first-order valence-electron chi connectivity index (χ1n) is 2.82. The van der Waals surface area contributed by atoms with E-state index in [1.54, 1.807) is 0 Å². The first kappa shape index (κ1) is 6.64. The second kappa shape index (κ2) is 2.89. The first-order chi connectivity index (χ1) is 4.34. The summed E-state index contributed by atoms with van der Waals surface area (Å²) >= 11 is 1.43. The molecule has 0 radical (unpaired) electrons. The molecule has 4 heteroatoms. The molecule has 0 spiro atoms. The summed E-state index contributed by atoms with van der Waals surface area (Å²) in [5.41, 5.74) is 6.36. The van der Waals surface area contributed by atoms with Crippen molar-refractivity contribution in [3.8, 4) is 0 Å². The molecule has 0 atom stereocenters. The SMILES string of the molecule is Cc1nnsc1CCN. The van der Waals surface area contributed by atoms with E-state index < -0.39 is 0 Å². The van der Waals surface area contributed by atoms with Crippen molar-refractivity contribution < 1.29 is 0 Å². The first-order valence-corrected chi connectivity index (χ1v) is 3.60. The standard InChI is InChI=1S/C5H9N3S/c1-4-5(2-3-6)9-8-7-4/h2-3,6H2,1H3. The van der Waals surface area contributed by atoms with Crippen LogP contribution < -0.4 is 5.73 Å². The number of rotatable bonds is 2. The Bertz CT molecular complexity index is 184. The van der Waals surface area contributed by atoms with Gasteiger partial charge in [0.1, 0.15) is 0 Å². The summed E-state index contributed by atoms with van der Waals surface area (Å²) in [6.45, 7) is 2.64. The average molecular weight is 143 g/mol. The van der Waals surface area contributed by atoms with Gasteiger partial charge in [0.15, 0.2) is 0 Å². The molecule has 1 heterocycles. The smallest absolute Gasteiger partial charge is 0.0757 e. The van der Waals surface area contributed by atoms with Crippen LogP contribution in [-0.4, -0.2) is 16.1 Å². The van der Waals surface area contributed by atoms with E-state index in [4.69, 9.17) is 5.73 Å². The highest BCUT2D eigenvalue weighted by Gasteiger charge is 1.99. The van der Waals surface area contributed by atoms with E-state index in [9.17, 15) is 0 Å². The zero-order chi connectivity index (χ0) is 6.69. The quantitative estimate of drug-likeness (QED) is 0.649. The molecule has 1 aromatic rings. The normalized spacial score (nSPS) is 10.0. The van der Waals surface area contributed by atoms with Crippen LogP contribution >= 0.6 is 11.5 Å². The second-order valence-electron chi connectivity index (χ2n) is 1.82. The molecule has 0 unspecified atom stereocenters. The minimum absolute atomic E-state index is 0.685. The Kier molecular flexibility index (Phi) is 2.13. The highest BCUT2D eigenvalue weighted by Crippen LogP contribution is 2.07. The molecule has 0 aliphatic heterocycles. The molecule has 9 heavy (non-hydrogen) atoms. The van der Waals surface area contributed by atoms with Crippen molar-refractivity contribution in [1.82, 2.24) is 9.59 Å². The molecule has 0 aromatic carbocycles. The largest absolute Gasteiger partial charge is 0.330 e. The van der Waals surface area contributed by atoms with Crippen molar-refractivity contribution in [2.45, 2.75) is 13.3 Å². The van der Waals surface area contributed by atoms with Crippen LogP contribution in [0.2, 0.25) is 0 Å². The summed E-state index contributed by atoms with van der Waals surface area (Å²) in [5.74, 6) is 0. The lowest BCUT2D eigenvalue weighted by Gasteiger charge is -1.88. The molecule has 0 saturated carbocycles. The van der Waals surface area contributed by atoms with Gasteiger partial charge in [-0.05, 0) is 31.4 Å². The fourth-order valence-corrected chi connectivity index (χ4v) is 1.25. The molecule has 1 aromatic heterocycles. The summed E-state index contributed by atoms with van der Waals surface area (Å²) < 4.78 is 3.78. The number of hydrogen-bond acceptors (Lipinski definition) is 4. The minimum Gasteiger partial charge on any atom is -0.330 e. The van der Waals surface area contributed by atoms with Crippen molar-refractivity contribution in [2.75, 3.05) is 6.54 Å². The molecule has 0 aliphatic rings. The molecule has 50 valence electrons. The third kappa shape index (κ3) is 1.46. The Labute approximate surface area is 58.1 Å². The summed E-state index contributed by atoms with van der Waals surface area (Å²) in [6, 6.07) is 0. The number of aryl methyl sites for hydroxylation is 1. The van der Waals surface area contributed by atoms with E-state index in [2.05, 4.69) is 9.59 Å². The Morgan fingerprint density at radius 3 is 2.89 bits per heavy atom. The molecule has 3 nitrogen and oxygen atoms in total. The van der Waals surface area contributed by atoms with Gasteiger partial charge in [0, 0.05) is 4.88 Å². The third-order valence-corrected chi connectivity index (χ3v) is 2.00. The zero-order valence-electron chi connectivity index (χ0n) is 5.29. The fraction of sp³-hybridized carbons (Fsp3) is 0.600. The zero-order valence-corrected chi connectivity index (χ0v) is 6.11. The van der Waals surface area contributed by atoms with Crippen LogP contribution in [0.15, 0.2) is 0 Å². The lowest BCUT2D eigenvalue weighted by molar-refractivity contribution is 0.962. The Balaban J connectivity index is 2.69. The molecule has 0 fully saturated rings. The van der Waals surface area contributed by atoms with E-state index in [1.807, 2.05) is 6.92 Å². The molecule has 0 saturated heterocycles. The molecule has 2 N–H and O–H groups in total. The summed E-state index contributed by atoms with van der Waals surface area (Å²) in [6.07, 6.45) is 0.906. The van der Waals surface area contributed by atoms with Crippen molar-refractivity contribution in [2.24, 2.45) is 5.73 Å². The highest BCUT2D eigenvalue weighted by atomic mass is 32.1. The van der Waals surface area contributed by atoms with E-state index in [0.29, 0.717) is 6.54 Å². The van der Waals surface area contributed by atoms with Gasteiger partial charge in [-0.1, -0.05) is 4.49 Å². The van der Waals surface area contributed by atoms with Crippen LogP contribution in [0.3, 0.4) is 0 Å². The van der Waals surface area contributed by atoms with Gasteiger partial charge in [0.2, 0.25) is 0 Å². The Hall–Kier alpha value is -0.480. The van der Waals surface area contributed by atoms with Gasteiger partial charge in [-0.3, -0.25) is 0 Å². The molecule has 0 aliphatic carbocycles. The monoisotopic (exact) mass is 143 g/mol. The Morgan fingerprint density at radius 1 is 1.67 bits per heavy atom. The topological polar surface area (TPSA) is 51.8 Å². The summed E-state index contributed by atoms with van der Waals surface area (Å²) in [4.78, 5) is 1.21. The van der Waals surface area contributed by atoms with Gasteiger partial charge < -0.3 is 5.73 Å². The average Bonchev–Trinajstić information content (AvgIpc) is 2.18.